The van der Waals surface area contributed by atoms with E-state index in [1.165, 1.54) is 77.0 Å². The van der Waals surface area contributed by atoms with Crippen LogP contribution in [0.4, 0.5) is 0 Å². The number of unbranched alkanes of at least 4 members (excludes halogenated alkanes) is 12. The van der Waals surface area contributed by atoms with Crippen LogP contribution in [0.3, 0.4) is 0 Å². The Morgan fingerprint density at radius 2 is 0.917 bits per heavy atom. The number of rotatable bonds is 18. The second-order valence-electron chi connectivity index (χ2n) is 6.58. The van der Waals surface area contributed by atoms with Crippen molar-refractivity contribution in [2.75, 3.05) is 13.1 Å². The third-order valence-electron chi connectivity index (χ3n) is 4.24. The minimum atomic E-state index is 0.826. The van der Waals surface area contributed by atoms with Crippen LogP contribution >= 0.6 is 12.2 Å². The lowest BCUT2D eigenvalue weighted by atomic mass is 10.1. The summed E-state index contributed by atoms with van der Waals surface area (Å²) in [6.45, 7) is 9.51. The monoisotopic (exact) mass is 352 g/mol. The Balaban J connectivity index is 3.16. The summed E-state index contributed by atoms with van der Waals surface area (Å²) in [6.07, 6.45) is 22.0. The van der Waals surface area contributed by atoms with E-state index in [-0.39, 0.29) is 0 Å². The third-order valence-corrected chi connectivity index (χ3v) is 4.53. The predicted octanol–water partition coefficient (Wildman–Crippen LogP) is 6.28. The van der Waals surface area contributed by atoms with Crippen LogP contribution in [0.15, 0.2) is 25.3 Å². The molecule has 0 atom stereocenters. The topological polar surface area (TPSA) is 24.1 Å². The first-order valence-corrected chi connectivity index (χ1v) is 10.5. The van der Waals surface area contributed by atoms with E-state index >= 15 is 0 Å². The molecule has 0 aliphatic carbocycles. The zero-order valence-corrected chi connectivity index (χ0v) is 16.6. The number of allylic oxidation sites excluding steroid dienone is 2. The highest BCUT2D eigenvalue weighted by atomic mass is 32.1. The van der Waals surface area contributed by atoms with Gasteiger partial charge in [-0.05, 0) is 50.7 Å². The Kier molecular flexibility index (Phi) is 19.5. The van der Waals surface area contributed by atoms with Gasteiger partial charge in [-0.25, -0.2) is 0 Å². The summed E-state index contributed by atoms with van der Waals surface area (Å²) in [7, 11) is 0. The fourth-order valence-corrected chi connectivity index (χ4v) is 2.91. The first-order chi connectivity index (χ1) is 11.8. The quantitative estimate of drug-likeness (QED) is 0.172. The molecule has 2 N–H and O–H groups in total. The highest BCUT2D eigenvalue weighted by Crippen LogP contribution is 2.07. The molecule has 24 heavy (non-hydrogen) atoms. The van der Waals surface area contributed by atoms with Crippen LogP contribution in [0.5, 0.6) is 0 Å². The molecule has 0 aromatic carbocycles. The molecule has 140 valence electrons. The van der Waals surface area contributed by atoms with Crippen molar-refractivity contribution >= 4 is 17.3 Å². The molecule has 0 unspecified atom stereocenters. The van der Waals surface area contributed by atoms with E-state index in [1.54, 1.807) is 0 Å². The van der Waals surface area contributed by atoms with E-state index < -0.39 is 0 Å². The van der Waals surface area contributed by atoms with Gasteiger partial charge in [-0.1, -0.05) is 63.5 Å². The van der Waals surface area contributed by atoms with Gasteiger partial charge < -0.3 is 10.6 Å². The van der Waals surface area contributed by atoms with Gasteiger partial charge in [0.2, 0.25) is 0 Å². The summed E-state index contributed by atoms with van der Waals surface area (Å²) in [5.41, 5.74) is 0. The SMILES string of the molecule is C=CCCCCCCCCNC(=S)NCCCCCCCCC=C. The van der Waals surface area contributed by atoms with E-state index in [0.717, 1.165) is 31.0 Å². The lowest BCUT2D eigenvalue weighted by Gasteiger charge is -2.10. The summed E-state index contributed by atoms with van der Waals surface area (Å²) >= 11 is 5.31. The first kappa shape index (κ1) is 23.2. The summed E-state index contributed by atoms with van der Waals surface area (Å²) in [5.74, 6) is 0. The lowest BCUT2D eigenvalue weighted by Crippen LogP contribution is -2.36. The molecule has 0 spiro atoms. The number of nitrogens with one attached hydrogen (secondary N) is 2. The largest absolute Gasteiger partial charge is 0.363 e. The summed E-state index contributed by atoms with van der Waals surface area (Å²) in [5, 5.41) is 7.46. The second-order valence-corrected chi connectivity index (χ2v) is 6.99. The van der Waals surface area contributed by atoms with Gasteiger partial charge in [0.25, 0.3) is 0 Å². The highest BCUT2D eigenvalue weighted by molar-refractivity contribution is 7.80. The molecule has 0 heterocycles. The minimum absolute atomic E-state index is 0.826. The number of hydrogen-bond acceptors (Lipinski definition) is 1. The Labute approximate surface area is 156 Å². The molecule has 0 saturated heterocycles. The molecule has 2 nitrogen and oxygen atoms in total. The van der Waals surface area contributed by atoms with Crippen molar-refractivity contribution < 1.29 is 0 Å². The molecule has 0 amide bonds. The molecule has 0 radical (unpaired) electrons. The van der Waals surface area contributed by atoms with Gasteiger partial charge >= 0.3 is 0 Å². The van der Waals surface area contributed by atoms with Crippen LogP contribution < -0.4 is 10.6 Å². The highest BCUT2D eigenvalue weighted by Gasteiger charge is 1.96. The smallest absolute Gasteiger partial charge is 0.166 e. The van der Waals surface area contributed by atoms with Crippen LogP contribution in [0.25, 0.3) is 0 Å². The standard InChI is InChI=1S/C21H40N2S/c1-3-5-7-9-11-13-15-17-19-22-21(24)23-20-18-16-14-12-10-8-6-4-2/h3-4H,1-2,5-20H2,(H2,22,23,24). The summed E-state index contributed by atoms with van der Waals surface area (Å²) in [6, 6.07) is 0. The van der Waals surface area contributed by atoms with Gasteiger partial charge in [0.1, 0.15) is 0 Å². The van der Waals surface area contributed by atoms with Crippen LogP contribution in [0, 0.1) is 0 Å². The Bertz CT molecular complexity index is 274. The lowest BCUT2D eigenvalue weighted by molar-refractivity contribution is 0.584. The van der Waals surface area contributed by atoms with Gasteiger partial charge in [-0.2, -0.15) is 0 Å². The van der Waals surface area contributed by atoms with Crippen molar-refractivity contribution in [1.29, 1.82) is 0 Å². The normalized spacial score (nSPS) is 10.3. The van der Waals surface area contributed by atoms with Gasteiger partial charge in [-0.15, -0.1) is 13.2 Å². The Morgan fingerprint density at radius 1 is 0.583 bits per heavy atom. The van der Waals surface area contributed by atoms with Crippen molar-refractivity contribution in [2.24, 2.45) is 0 Å². The zero-order valence-electron chi connectivity index (χ0n) is 15.8. The van der Waals surface area contributed by atoms with Crippen LogP contribution in [-0.4, -0.2) is 18.2 Å². The number of hydrogen-bond donors (Lipinski definition) is 2. The average Bonchev–Trinajstić information content (AvgIpc) is 2.59. The van der Waals surface area contributed by atoms with E-state index in [0.29, 0.717) is 0 Å². The van der Waals surface area contributed by atoms with Crippen LogP contribution in [-0.2, 0) is 0 Å². The van der Waals surface area contributed by atoms with Crippen LogP contribution in [0.1, 0.15) is 89.9 Å². The van der Waals surface area contributed by atoms with Gasteiger partial charge in [-0.3, -0.25) is 0 Å². The fraction of sp³-hybridized carbons (Fsp3) is 0.762. The minimum Gasteiger partial charge on any atom is -0.363 e. The summed E-state index contributed by atoms with van der Waals surface area (Å²) in [4.78, 5) is 0. The zero-order chi connectivity index (χ0) is 17.7. The van der Waals surface area contributed by atoms with E-state index in [9.17, 15) is 0 Å². The second kappa shape index (κ2) is 20.2. The van der Waals surface area contributed by atoms with Gasteiger partial charge in [0.15, 0.2) is 5.11 Å². The fourth-order valence-electron chi connectivity index (χ4n) is 2.71. The van der Waals surface area contributed by atoms with Crippen molar-refractivity contribution in [2.45, 2.75) is 89.9 Å². The van der Waals surface area contributed by atoms with E-state index in [4.69, 9.17) is 12.2 Å². The maximum Gasteiger partial charge on any atom is 0.166 e. The average molecular weight is 353 g/mol. The molecule has 0 aromatic heterocycles. The maximum absolute atomic E-state index is 5.31. The van der Waals surface area contributed by atoms with Crippen molar-refractivity contribution in [3.8, 4) is 0 Å². The first-order valence-electron chi connectivity index (χ1n) is 10.0. The molecule has 0 bridgehead atoms. The van der Waals surface area contributed by atoms with Crippen molar-refractivity contribution in [1.82, 2.24) is 10.6 Å². The Morgan fingerprint density at radius 3 is 1.29 bits per heavy atom. The molecule has 0 aliphatic rings. The molecule has 0 aromatic rings. The predicted molar refractivity (Wildman–Crippen MR) is 114 cm³/mol. The van der Waals surface area contributed by atoms with Crippen molar-refractivity contribution in [3.63, 3.8) is 0 Å². The molecule has 3 heteroatoms. The molecule has 0 fully saturated rings. The van der Waals surface area contributed by atoms with Gasteiger partial charge in [0.05, 0.1) is 0 Å². The molecular weight excluding hydrogens is 312 g/mol. The van der Waals surface area contributed by atoms with Gasteiger partial charge in [0, 0.05) is 13.1 Å². The molecule has 0 aliphatic heterocycles. The summed E-state index contributed by atoms with van der Waals surface area (Å²) < 4.78 is 0. The molecular formula is C21H40N2S. The number of thiocarbonyl (C=S) groups is 1. The van der Waals surface area contributed by atoms with Crippen LogP contribution in [0.2, 0.25) is 0 Å². The van der Waals surface area contributed by atoms with E-state index in [1.807, 2.05) is 12.2 Å². The maximum atomic E-state index is 5.31. The Hall–Kier alpha value is -0.830. The van der Waals surface area contributed by atoms with Crippen molar-refractivity contribution in [3.05, 3.63) is 25.3 Å². The molecule has 0 saturated carbocycles. The molecule has 0 rings (SSSR count). The third kappa shape index (κ3) is 19.2. The van der Waals surface area contributed by atoms with E-state index in [2.05, 4.69) is 23.8 Å².